The molecule has 1 fully saturated rings. The van der Waals surface area contributed by atoms with Gasteiger partial charge in [-0.25, -0.2) is 18.1 Å². The SMILES string of the molecule is COc1ccncc1-c1cc2c(cnn2-c2cc(N3C[C@H](CS(C)(=O)=O)[C@H]3C)cc(N(C)C)n2)c(C)n1. The highest BCUT2D eigenvalue weighted by atomic mass is 32.2. The maximum absolute atomic E-state index is 11.8. The molecule has 0 aromatic carbocycles. The van der Waals surface area contributed by atoms with E-state index in [0.29, 0.717) is 18.1 Å². The number of hydrogen-bond donors (Lipinski definition) is 0. The molecule has 10 nitrogen and oxygen atoms in total. The molecule has 0 radical (unpaired) electrons. The molecule has 2 atom stereocenters. The number of nitrogens with zero attached hydrogens (tertiary/aromatic N) is 7. The number of hydrogen-bond acceptors (Lipinski definition) is 9. The minimum absolute atomic E-state index is 0.102. The summed E-state index contributed by atoms with van der Waals surface area (Å²) in [6.07, 6.45) is 6.54. The van der Waals surface area contributed by atoms with Gasteiger partial charge in [0.15, 0.2) is 5.82 Å². The van der Waals surface area contributed by atoms with Crippen LogP contribution in [-0.4, -0.2) is 79.0 Å². The molecular weight excluding hydrogens is 490 g/mol. The van der Waals surface area contributed by atoms with Gasteiger partial charge in [0.1, 0.15) is 21.4 Å². The van der Waals surface area contributed by atoms with Crippen molar-refractivity contribution in [3.8, 4) is 22.8 Å². The maximum Gasteiger partial charge on any atom is 0.158 e. The largest absolute Gasteiger partial charge is 0.496 e. The van der Waals surface area contributed by atoms with Gasteiger partial charge in [0.25, 0.3) is 0 Å². The van der Waals surface area contributed by atoms with Gasteiger partial charge in [0, 0.05) is 80.1 Å². The normalized spacial score (nSPS) is 17.6. The summed E-state index contributed by atoms with van der Waals surface area (Å²) in [5.74, 6) is 2.45. The topological polar surface area (TPSA) is 106 Å². The molecule has 11 heteroatoms. The molecule has 1 aliphatic rings. The van der Waals surface area contributed by atoms with Crippen molar-refractivity contribution in [1.29, 1.82) is 0 Å². The number of fused-ring (bicyclic) bond motifs is 1. The first kappa shape index (κ1) is 24.9. The van der Waals surface area contributed by atoms with Crippen LogP contribution in [0.2, 0.25) is 0 Å². The number of anilines is 2. The van der Waals surface area contributed by atoms with E-state index in [4.69, 9.17) is 14.7 Å². The van der Waals surface area contributed by atoms with Crippen molar-refractivity contribution in [3.63, 3.8) is 0 Å². The summed E-state index contributed by atoms with van der Waals surface area (Å²) in [6, 6.07) is 7.93. The fourth-order valence-electron chi connectivity index (χ4n) is 4.85. The van der Waals surface area contributed by atoms with Crippen LogP contribution in [0.25, 0.3) is 28.0 Å². The predicted molar refractivity (Wildman–Crippen MR) is 146 cm³/mol. The zero-order valence-electron chi connectivity index (χ0n) is 21.9. The Labute approximate surface area is 216 Å². The monoisotopic (exact) mass is 521 g/mol. The van der Waals surface area contributed by atoms with Crippen molar-refractivity contribution in [1.82, 2.24) is 24.7 Å². The van der Waals surface area contributed by atoms with E-state index in [-0.39, 0.29) is 17.7 Å². The van der Waals surface area contributed by atoms with Crippen LogP contribution in [-0.2, 0) is 9.84 Å². The minimum atomic E-state index is -3.03. The third-order valence-corrected chi connectivity index (χ3v) is 7.98. The Kier molecular flexibility index (Phi) is 6.26. The van der Waals surface area contributed by atoms with E-state index >= 15 is 0 Å². The lowest BCUT2D eigenvalue weighted by molar-refractivity contribution is 0.341. The van der Waals surface area contributed by atoms with E-state index in [1.165, 1.54) is 6.26 Å². The summed E-state index contributed by atoms with van der Waals surface area (Å²) >= 11 is 0. The van der Waals surface area contributed by atoms with Crippen molar-refractivity contribution in [3.05, 3.63) is 48.5 Å². The molecule has 37 heavy (non-hydrogen) atoms. The summed E-state index contributed by atoms with van der Waals surface area (Å²) in [4.78, 5) is 18.1. The lowest BCUT2D eigenvalue weighted by atomic mass is 9.91. The van der Waals surface area contributed by atoms with Crippen LogP contribution < -0.4 is 14.5 Å². The van der Waals surface area contributed by atoms with Gasteiger partial charge in [-0.15, -0.1) is 0 Å². The lowest BCUT2D eigenvalue weighted by Gasteiger charge is -2.48. The van der Waals surface area contributed by atoms with Gasteiger partial charge in [-0.2, -0.15) is 5.10 Å². The quantitative estimate of drug-likeness (QED) is 0.363. The van der Waals surface area contributed by atoms with E-state index in [2.05, 4.69) is 21.9 Å². The fourth-order valence-corrected chi connectivity index (χ4v) is 6.01. The Morgan fingerprint density at radius 2 is 1.95 bits per heavy atom. The van der Waals surface area contributed by atoms with E-state index in [1.54, 1.807) is 25.7 Å². The van der Waals surface area contributed by atoms with Gasteiger partial charge in [-0.05, 0) is 26.0 Å². The van der Waals surface area contributed by atoms with Gasteiger partial charge < -0.3 is 14.5 Å². The predicted octanol–water partition coefficient (Wildman–Crippen LogP) is 3.13. The van der Waals surface area contributed by atoms with Crippen molar-refractivity contribution in [2.45, 2.75) is 19.9 Å². The summed E-state index contributed by atoms with van der Waals surface area (Å²) in [5, 5.41) is 5.61. The molecule has 5 heterocycles. The van der Waals surface area contributed by atoms with Gasteiger partial charge >= 0.3 is 0 Å². The van der Waals surface area contributed by atoms with Crippen molar-refractivity contribution < 1.29 is 13.2 Å². The van der Waals surface area contributed by atoms with E-state index < -0.39 is 9.84 Å². The summed E-state index contributed by atoms with van der Waals surface area (Å²) in [5.41, 5.74) is 4.22. The smallest absolute Gasteiger partial charge is 0.158 e. The molecule has 0 amide bonds. The Morgan fingerprint density at radius 1 is 1.16 bits per heavy atom. The third kappa shape index (κ3) is 4.71. The first-order chi connectivity index (χ1) is 17.6. The number of ether oxygens (including phenoxy) is 1. The molecule has 1 saturated heterocycles. The van der Waals surface area contributed by atoms with E-state index in [1.807, 2.05) is 54.9 Å². The van der Waals surface area contributed by atoms with Gasteiger partial charge in [0.2, 0.25) is 0 Å². The highest BCUT2D eigenvalue weighted by Gasteiger charge is 2.38. The molecular formula is C26H31N7O3S. The van der Waals surface area contributed by atoms with Crippen LogP contribution in [0.1, 0.15) is 12.6 Å². The summed E-state index contributed by atoms with van der Waals surface area (Å²) in [6.45, 7) is 4.71. The summed E-state index contributed by atoms with van der Waals surface area (Å²) < 4.78 is 31.0. The van der Waals surface area contributed by atoms with Crippen molar-refractivity contribution in [2.24, 2.45) is 5.92 Å². The van der Waals surface area contributed by atoms with Gasteiger partial charge in [-0.1, -0.05) is 0 Å². The van der Waals surface area contributed by atoms with E-state index in [9.17, 15) is 8.42 Å². The molecule has 0 unspecified atom stereocenters. The Bertz CT molecular complexity index is 1580. The zero-order valence-corrected chi connectivity index (χ0v) is 22.7. The lowest BCUT2D eigenvalue weighted by Crippen LogP contribution is -2.57. The second-order valence-electron chi connectivity index (χ2n) is 9.84. The molecule has 5 rings (SSSR count). The maximum atomic E-state index is 11.8. The standard InChI is InChI=1S/C26H31N7O3S/c1-16-20-13-28-33(23(20)11-22(29-16)21-12-27-8-7-24(21)36-5)26-10-19(9-25(30-26)31(3)4)32-14-18(17(32)2)15-37(6,34)35/h7-13,17-18H,14-15H2,1-6H3/t17-,18-/m1/s1. The van der Waals surface area contributed by atoms with Crippen LogP contribution in [0.5, 0.6) is 5.75 Å². The second-order valence-corrected chi connectivity index (χ2v) is 12.0. The highest BCUT2D eigenvalue weighted by molar-refractivity contribution is 7.90. The first-order valence-electron chi connectivity index (χ1n) is 12.0. The number of aromatic nitrogens is 5. The van der Waals surface area contributed by atoms with Crippen LogP contribution in [0, 0.1) is 12.8 Å². The molecule has 4 aromatic heterocycles. The first-order valence-corrected chi connectivity index (χ1v) is 14.1. The molecule has 1 aliphatic heterocycles. The third-order valence-electron chi connectivity index (χ3n) is 6.95. The Morgan fingerprint density at radius 3 is 2.62 bits per heavy atom. The van der Waals surface area contributed by atoms with Crippen LogP contribution >= 0.6 is 0 Å². The average molecular weight is 522 g/mol. The Balaban J connectivity index is 1.59. The number of pyridine rings is 3. The van der Waals surface area contributed by atoms with E-state index in [0.717, 1.165) is 39.4 Å². The number of sulfone groups is 1. The van der Waals surface area contributed by atoms with Gasteiger partial charge in [0.05, 0.1) is 35.8 Å². The van der Waals surface area contributed by atoms with Crippen LogP contribution in [0.3, 0.4) is 0 Å². The Hall–Kier alpha value is -3.73. The summed E-state index contributed by atoms with van der Waals surface area (Å²) in [7, 11) is 2.50. The molecule has 194 valence electrons. The second kappa shape index (κ2) is 9.29. The molecule has 0 N–H and O–H groups in total. The van der Waals surface area contributed by atoms with Gasteiger partial charge in [-0.3, -0.25) is 9.97 Å². The van der Waals surface area contributed by atoms with Crippen LogP contribution in [0.15, 0.2) is 42.9 Å². The van der Waals surface area contributed by atoms with Crippen molar-refractivity contribution >= 4 is 32.2 Å². The number of aryl methyl sites for hydroxylation is 1. The number of rotatable bonds is 7. The van der Waals surface area contributed by atoms with Crippen LogP contribution in [0.4, 0.5) is 11.5 Å². The molecule has 0 saturated carbocycles. The molecule has 0 aliphatic carbocycles. The highest BCUT2D eigenvalue weighted by Crippen LogP contribution is 2.36. The zero-order chi connectivity index (χ0) is 26.5. The number of methoxy groups -OCH3 is 1. The fraction of sp³-hybridized carbons (Fsp3) is 0.385. The average Bonchev–Trinajstić information content (AvgIpc) is 3.30. The molecule has 4 aromatic rings. The minimum Gasteiger partial charge on any atom is -0.496 e. The molecule has 0 spiro atoms. The molecule has 0 bridgehead atoms. The van der Waals surface area contributed by atoms with Crippen molar-refractivity contribution in [2.75, 3.05) is 49.6 Å².